The SMILES string of the molecule is Cc1ccc(-c2cc(C)c(CCCCCCN)n2-c2ccc(S(N)(=O)=O)cc2)cc1. The van der Waals surface area contributed by atoms with Gasteiger partial charge in [-0.1, -0.05) is 42.7 Å². The van der Waals surface area contributed by atoms with Crippen molar-refractivity contribution < 1.29 is 8.42 Å². The van der Waals surface area contributed by atoms with Crippen molar-refractivity contribution in [1.29, 1.82) is 0 Å². The molecule has 160 valence electrons. The van der Waals surface area contributed by atoms with E-state index in [1.807, 2.05) is 12.1 Å². The van der Waals surface area contributed by atoms with E-state index in [1.54, 1.807) is 12.1 Å². The number of hydrogen-bond acceptors (Lipinski definition) is 3. The van der Waals surface area contributed by atoms with Gasteiger partial charge in [0.2, 0.25) is 10.0 Å². The van der Waals surface area contributed by atoms with Crippen LogP contribution >= 0.6 is 0 Å². The lowest BCUT2D eigenvalue weighted by Crippen LogP contribution is -2.12. The molecule has 0 spiro atoms. The normalized spacial score (nSPS) is 11.7. The maximum Gasteiger partial charge on any atom is 0.238 e. The summed E-state index contributed by atoms with van der Waals surface area (Å²) in [5.41, 5.74) is 12.5. The molecular formula is C24H31N3O2S. The Morgan fingerprint density at radius 3 is 2.10 bits per heavy atom. The Labute approximate surface area is 179 Å². The van der Waals surface area contributed by atoms with Gasteiger partial charge in [-0.2, -0.15) is 0 Å². The quantitative estimate of drug-likeness (QED) is 0.496. The Morgan fingerprint density at radius 1 is 0.867 bits per heavy atom. The summed E-state index contributed by atoms with van der Waals surface area (Å²) >= 11 is 0. The molecule has 0 aliphatic carbocycles. The highest BCUT2D eigenvalue weighted by molar-refractivity contribution is 7.89. The lowest BCUT2D eigenvalue weighted by Gasteiger charge is -2.15. The van der Waals surface area contributed by atoms with E-state index in [1.165, 1.54) is 16.8 Å². The molecule has 0 radical (unpaired) electrons. The number of aryl methyl sites for hydroxylation is 2. The van der Waals surface area contributed by atoms with Gasteiger partial charge < -0.3 is 10.3 Å². The van der Waals surface area contributed by atoms with Crippen molar-refractivity contribution in [2.45, 2.75) is 50.8 Å². The maximum atomic E-state index is 11.7. The second-order valence-electron chi connectivity index (χ2n) is 7.85. The zero-order valence-corrected chi connectivity index (χ0v) is 18.6. The van der Waals surface area contributed by atoms with Crippen molar-refractivity contribution in [3.8, 4) is 16.9 Å². The first-order chi connectivity index (χ1) is 14.3. The standard InChI is InChI=1S/C24H31N3O2S/c1-18-8-10-20(11-9-18)24-17-19(2)23(7-5-3-4-6-16-25)27(24)21-12-14-22(15-13-21)30(26,28)29/h8-15,17H,3-7,16,25H2,1-2H3,(H2,26,28,29). The van der Waals surface area contributed by atoms with E-state index in [9.17, 15) is 8.42 Å². The van der Waals surface area contributed by atoms with Crippen molar-refractivity contribution in [1.82, 2.24) is 4.57 Å². The minimum absolute atomic E-state index is 0.121. The highest BCUT2D eigenvalue weighted by Crippen LogP contribution is 2.31. The lowest BCUT2D eigenvalue weighted by atomic mass is 10.1. The lowest BCUT2D eigenvalue weighted by molar-refractivity contribution is 0.598. The Hall–Kier alpha value is -2.41. The van der Waals surface area contributed by atoms with Gasteiger partial charge in [0.05, 0.1) is 10.6 Å². The number of nitrogens with zero attached hydrogens (tertiary/aromatic N) is 1. The van der Waals surface area contributed by atoms with Crippen LogP contribution in [0.3, 0.4) is 0 Å². The molecule has 0 bridgehead atoms. The summed E-state index contributed by atoms with van der Waals surface area (Å²) in [6, 6.07) is 17.5. The van der Waals surface area contributed by atoms with E-state index in [0.717, 1.165) is 55.6 Å². The molecule has 3 rings (SSSR count). The van der Waals surface area contributed by atoms with Crippen LogP contribution in [-0.4, -0.2) is 19.5 Å². The zero-order valence-electron chi connectivity index (χ0n) is 17.8. The Morgan fingerprint density at radius 2 is 1.50 bits per heavy atom. The summed E-state index contributed by atoms with van der Waals surface area (Å²) in [6.07, 6.45) is 5.40. The topological polar surface area (TPSA) is 91.1 Å². The van der Waals surface area contributed by atoms with Gasteiger partial charge in [-0.25, -0.2) is 13.6 Å². The molecule has 4 N–H and O–H groups in total. The van der Waals surface area contributed by atoms with Crippen molar-refractivity contribution in [3.63, 3.8) is 0 Å². The third-order valence-corrected chi connectivity index (χ3v) is 6.39. The molecule has 0 saturated heterocycles. The van der Waals surface area contributed by atoms with Crippen LogP contribution in [0.15, 0.2) is 59.5 Å². The van der Waals surface area contributed by atoms with Crippen LogP contribution in [0.25, 0.3) is 16.9 Å². The highest BCUT2D eigenvalue weighted by Gasteiger charge is 2.16. The number of sulfonamides is 1. The second-order valence-corrected chi connectivity index (χ2v) is 9.41. The molecule has 3 aromatic rings. The fourth-order valence-electron chi connectivity index (χ4n) is 3.79. The number of hydrogen-bond donors (Lipinski definition) is 2. The van der Waals surface area contributed by atoms with Crippen molar-refractivity contribution in [2.75, 3.05) is 6.54 Å². The first-order valence-electron chi connectivity index (χ1n) is 10.4. The first-order valence-corrected chi connectivity index (χ1v) is 12.0. The molecule has 0 aliphatic rings. The number of unbranched alkanes of at least 4 members (excludes halogenated alkanes) is 3. The summed E-state index contributed by atoms with van der Waals surface area (Å²) < 4.78 is 25.6. The molecule has 6 heteroatoms. The smallest absolute Gasteiger partial charge is 0.238 e. The molecule has 0 fully saturated rings. The van der Waals surface area contributed by atoms with Crippen LogP contribution in [-0.2, 0) is 16.4 Å². The number of benzene rings is 2. The first kappa shape index (κ1) is 22.3. The van der Waals surface area contributed by atoms with E-state index < -0.39 is 10.0 Å². The highest BCUT2D eigenvalue weighted by atomic mass is 32.2. The van der Waals surface area contributed by atoms with Crippen LogP contribution < -0.4 is 10.9 Å². The third kappa shape index (κ3) is 5.19. The van der Waals surface area contributed by atoms with Gasteiger partial charge in [-0.05, 0) is 81.1 Å². The zero-order chi connectivity index (χ0) is 21.7. The van der Waals surface area contributed by atoms with Crippen molar-refractivity contribution in [3.05, 3.63) is 71.4 Å². The minimum Gasteiger partial charge on any atom is -0.330 e. The molecule has 0 aliphatic heterocycles. The Kier molecular flexibility index (Phi) is 7.13. The fraction of sp³-hybridized carbons (Fsp3) is 0.333. The molecule has 0 atom stereocenters. The van der Waals surface area contributed by atoms with E-state index in [0.29, 0.717) is 0 Å². The van der Waals surface area contributed by atoms with E-state index >= 15 is 0 Å². The number of nitrogens with two attached hydrogens (primary N) is 2. The van der Waals surface area contributed by atoms with Crippen LogP contribution in [0.5, 0.6) is 0 Å². The summed E-state index contributed by atoms with van der Waals surface area (Å²) in [4.78, 5) is 0.121. The average Bonchev–Trinajstić information content (AvgIpc) is 3.04. The van der Waals surface area contributed by atoms with Crippen molar-refractivity contribution >= 4 is 10.0 Å². The maximum absolute atomic E-state index is 11.7. The van der Waals surface area contributed by atoms with Gasteiger partial charge in [0.1, 0.15) is 0 Å². The Bertz CT molecular complexity index is 1080. The molecule has 30 heavy (non-hydrogen) atoms. The average molecular weight is 426 g/mol. The molecule has 5 nitrogen and oxygen atoms in total. The summed E-state index contributed by atoms with van der Waals surface area (Å²) in [6.45, 7) is 4.96. The van der Waals surface area contributed by atoms with E-state index in [-0.39, 0.29) is 4.90 Å². The third-order valence-electron chi connectivity index (χ3n) is 5.46. The van der Waals surface area contributed by atoms with Gasteiger partial charge in [0.15, 0.2) is 0 Å². The van der Waals surface area contributed by atoms with Gasteiger partial charge in [-0.15, -0.1) is 0 Å². The summed E-state index contributed by atoms with van der Waals surface area (Å²) in [5.74, 6) is 0. The van der Waals surface area contributed by atoms with Crippen LogP contribution in [0, 0.1) is 13.8 Å². The Balaban J connectivity index is 2.03. The number of aromatic nitrogens is 1. The largest absolute Gasteiger partial charge is 0.330 e. The minimum atomic E-state index is -3.72. The molecule has 0 saturated carbocycles. The summed E-state index contributed by atoms with van der Waals surface area (Å²) in [5, 5.41) is 5.28. The second kappa shape index (κ2) is 9.60. The predicted octanol–water partition coefficient (Wildman–Crippen LogP) is 4.47. The molecule has 1 heterocycles. The van der Waals surface area contributed by atoms with Crippen LogP contribution in [0.2, 0.25) is 0 Å². The fourth-order valence-corrected chi connectivity index (χ4v) is 4.31. The molecular weight excluding hydrogens is 394 g/mol. The van der Waals surface area contributed by atoms with Crippen LogP contribution in [0.1, 0.15) is 42.5 Å². The van der Waals surface area contributed by atoms with E-state index in [2.05, 4.69) is 48.7 Å². The summed E-state index contributed by atoms with van der Waals surface area (Å²) in [7, 11) is -3.72. The number of rotatable bonds is 9. The molecule has 0 unspecified atom stereocenters. The molecule has 1 aromatic heterocycles. The van der Waals surface area contributed by atoms with Gasteiger partial charge in [0.25, 0.3) is 0 Å². The van der Waals surface area contributed by atoms with Gasteiger partial charge in [-0.3, -0.25) is 0 Å². The monoisotopic (exact) mass is 425 g/mol. The number of primary sulfonamides is 1. The molecule has 2 aromatic carbocycles. The van der Waals surface area contributed by atoms with Crippen molar-refractivity contribution in [2.24, 2.45) is 10.9 Å². The van der Waals surface area contributed by atoms with E-state index in [4.69, 9.17) is 10.9 Å². The van der Waals surface area contributed by atoms with Gasteiger partial charge >= 0.3 is 0 Å². The predicted molar refractivity (Wildman–Crippen MR) is 123 cm³/mol. The van der Waals surface area contributed by atoms with Gasteiger partial charge in [0, 0.05) is 11.4 Å². The molecule has 0 amide bonds. The van der Waals surface area contributed by atoms with Crippen LogP contribution in [0.4, 0.5) is 0 Å².